The maximum Gasteiger partial charge on any atom is 0.306 e. The Kier molecular flexibility index (Phi) is 6.10. The minimum Gasteiger partial charge on any atom is -0.469 e. The number of esters is 1. The summed E-state index contributed by atoms with van der Waals surface area (Å²) in [5.41, 5.74) is 5.69. The number of carbonyl (C=O) groups excluding carboxylic acids is 2. The summed E-state index contributed by atoms with van der Waals surface area (Å²) in [6, 6.07) is 21.7. The molecule has 0 unspecified atom stereocenters. The standard InChI is InChI=1S/C27H23FN4O3/c1-35-25(34)15-14-24(33)31-17-19-6-2-3-7-21(19)27-26(22-8-4-5-9-23(22)31)29-30-32(27)16-18-10-12-20(28)13-11-18/h2-13H,14-17H2,1H3/i28-1. The average molecular weight is 470 g/mol. The second-order valence-electron chi connectivity index (χ2n) is 8.30. The van der Waals surface area contributed by atoms with Crippen LogP contribution in [0.15, 0.2) is 72.8 Å². The molecule has 8 heteroatoms. The van der Waals surface area contributed by atoms with Crippen LogP contribution in [0.4, 0.5) is 10.1 Å². The molecule has 0 fully saturated rings. The number of amides is 1. The SMILES string of the molecule is COC(=O)CCC(=O)N1Cc2ccccc2-c2c(nnn2Cc2ccc([18F])cc2)-c2ccccc21. The van der Waals surface area contributed by atoms with Gasteiger partial charge >= 0.3 is 5.97 Å². The first-order chi connectivity index (χ1) is 17.0. The highest BCUT2D eigenvalue weighted by atomic mass is 18.2. The van der Waals surface area contributed by atoms with E-state index < -0.39 is 5.97 Å². The summed E-state index contributed by atoms with van der Waals surface area (Å²) >= 11 is 0. The molecule has 0 atom stereocenters. The predicted molar refractivity (Wildman–Crippen MR) is 129 cm³/mol. The topological polar surface area (TPSA) is 77.3 Å². The van der Waals surface area contributed by atoms with Crippen LogP contribution in [0, 0.1) is 5.82 Å². The van der Waals surface area contributed by atoms with Gasteiger partial charge in [-0.1, -0.05) is 59.8 Å². The molecular weight excluding hydrogens is 446 g/mol. The zero-order valence-electron chi connectivity index (χ0n) is 19.1. The number of nitrogens with zero attached hydrogens (tertiary/aromatic N) is 4. The van der Waals surface area contributed by atoms with Crippen molar-refractivity contribution in [3.8, 4) is 22.5 Å². The van der Waals surface area contributed by atoms with Crippen molar-refractivity contribution < 1.29 is 18.7 Å². The number of methoxy groups -OCH3 is 1. The highest BCUT2D eigenvalue weighted by Gasteiger charge is 2.29. The molecule has 1 aliphatic heterocycles. The fraction of sp³-hybridized carbons (Fsp3) is 0.185. The number of benzene rings is 3. The first kappa shape index (κ1) is 22.5. The van der Waals surface area contributed by atoms with Crippen LogP contribution in [0.3, 0.4) is 0 Å². The van der Waals surface area contributed by atoms with Gasteiger partial charge in [0.15, 0.2) is 0 Å². The minimum absolute atomic E-state index is 0.00868. The van der Waals surface area contributed by atoms with Crippen molar-refractivity contribution in [1.29, 1.82) is 0 Å². The van der Waals surface area contributed by atoms with Crippen LogP contribution in [0.25, 0.3) is 22.5 Å². The van der Waals surface area contributed by atoms with Crippen molar-refractivity contribution in [1.82, 2.24) is 15.0 Å². The molecular formula is C27H23FN4O3. The number of halogens is 1. The Labute approximate surface area is 201 Å². The summed E-state index contributed by atoms with van der Waals surface area (Å²) in [6.45, 7) is 0.745. The van der Waals surface area contributed by atoms with E-state index >= 15 is 0 Å². The van der Waals surface area contributed by atoms with E-state index in [9.17, 15) is 14.0 Å². The Morgan fingerprint density at radius 3 is 2.43 bits per heavy atom. The van der Waals surface area contributed by atoms with Gasteiger partial charge in [0.1, 0.15) is 11.5 Å². The van der Waals surface area contributed by atoms with E-state index in [4.69, 9.17) is 4.74 Å². The number of anilines is 1. The minimum atomic E-state index is -0.426. The molecule has 0 saturated carbocycles. The first-order valence-electron chi connectivity index (χ1n) is 11.3. The van der Waals surface area contributed by atoms with Crippen LogP contribution < -0.4 is 4.90 Å². The number of fused-ring (bicyclic) bond motifs is 5. The van der Waals surface area contributed by atoms with Gasteiger partial charge in [-0.3, -0.25) is 9.59 Å². The quantitative estimate of drug-likeness (QED) is 0.399. The number of hydrogen-bond donors (Lipinski definition) is 0. The zero-order chi connectivity index (χ0) is 24.4. The van der Waals surface area contributed by atoms with Crippen LogP contribution in [0.1, 0.15) is 24.0 Å². The van der Waals surface area contributed by atoms with Crippen molar-refractivity contribution in [2.45, 2.75) is 25.9 Å². The van der Waals surface area contributed by atoms with Crippen molar-refractivity contribution in [2.24, 2.45) is 0 Å². The molecule has 0 saturated heterocycles. The molecule has 0 bridgehead atoms. The number of ether oxygens (including phenoxy) is 1. The van der Waals surface area contributed by atoms with Gasteiger partial charge in [-0.25, -0.2) is 9.07 Å². The smallest absolute Gasteiger partial charge is 0.306 e. The molecule has 0 spiro atoms. The van der Waals surface area contributed by atoms with E-state index in [-0.39, 0.29) is 24.6 Å². The number of aromatic nitrogens is 3. The van der Waals surface area contributed by atoms with E-state index in [1.54, 1.807) is 17.0 Å². The predicted octanol–water partition coefficient (Wildman–Crippen LogP) is 4.60. The lowest BCUT2D eigenvalue weighted by atomic mass is 9.95. The highest BCUT2D eigenvalue weighted by molar-refractivity contribution is 6.00. The van der Waals surface area contributed by atoms with Gasteiger partial charge in [-0.05, 0) is 29.3 Å². The Morgan fingerprint density at radius 1 is 0.943 bits per heavy atom. The fourth-order valence-electron chi connectivity index (χ4n) is 4.36. The molecule has 0 radical (unpaired) electrons. The molecule has 2 heterocycles. The van der Waals surface area contributed by atoms with E-state index in [2.05, 4.69) is 10.3 Å². The van der Waals surface area contributed by atoms with E-state index in [1.807, 2.05) is 53.2 Å². The summed E-state index contributed by atoms with van der Waals surface area (Å²) in [5, 5.41) is 8.97. The van der Waals surface area contributed by atoms with Crippen LogP contribution >= 0.6 is 0 Å². The zero-order valence-corrected chi connectivity index (χ0v) is 19.1. The molecule has 1 aromatic heterocycles. The largest absolute Gasteiger partial charge is 0.469 e. The van der Waals surface area contributed by atoms with Crippen molar-refractivity contribution in [3.63, 3.8) is 0 Å². The summed E-state index contributed by atoms with van der Waals surface area (Å²) in [6.07, 6.45) is 0.0437. The van der Waals surface area contributed by atoms with Crippen LogP contribution in [-0.2, 0) is 27.4 Å². The number of rotatable bonds is 5. The Hall–Kier alpha value is -4.33. The van der Waals surface area contributed by atoms with Gasteiger partial charge in [-0.15, -0.1) is 5.10 Å². The third-order valence-corrected chi connectivity index (χ3v) is 6.10. The van der Waals surface area contributed by atoms with E-state index in [0.29, 0.717) is 24.5 Å². The Balaban J connectivity index is 1.63. The number of para-hydroxylation sites is 1. The van der Waals surface area contributed by atoms with E-state index in [1.165, 1.54) is 19.2 Å². The summed E-state index contributed by atoms with van der Waals surface area (Å²) in [7, 11) is 1.31. The molecule has 5 rings (SSSR count). The fourth-order valence-corrected chi connectivity index (χ4v) is 4.36. The number of carbonyl (C=O) groups is 2. The molecule has 3 aromatic carbocycles. The van der Waals surface area contributed by atoms with Crippen molar-refractivity contribution in [2.75, 3.05) is 12.0 Å². The lowest BCUT2D eigenvalue weighted by Gasteiger charge is -2.28. The summed E-state index contributed by atoms with van der Waals surface area (Å²) in [5.74, 6) is -0.899. The Morgan fingerprint density at radius 2 is 1.66 bits per heavy atom. The van der Waals surface area contributed by atoms with Gasteiger partial charge in [0, 0.05) is 17.5 Å². The molecule has 7 nitrogen and oxygen atoms in total. The van der Waals surface area contributed by atoms with Gasteiger partial charge in [0.25, 0.3) is 0 Å². The molecule has 35 heavy (non-hydrogen) atoms. The van der Waals surface area contributed by atoms with Crippen molar-refractivity contribution in [3.05, 3.63) is 89.7 Å². The molecule has 176 valence electrons. The lowest BCUT2D eigenvalue weighted by molar-refractivity contribution is -0.141. The third kappa shape index (κ3) is 4.42. The van der Waals surface area contributed by atoms with Gasteiger partial charge in [0.05, 0.1) is 38.0 Å². The van der Waals surface area contributed by atoms with E-state index in [0.717, 1.165) is 27.9 Å². The first-order valence-corrected chi connectivity index (χ1v) is 11.3. The third-order valence-electron chi connectivity index (χ3n) is 6.10. The molecule has 1 amide bonds. The average Bonchev–Trinajstić information content (AvgIpc) is 3.28. The van der Waals surface area contributed by atoms with Crippen LogP contribution in [0.2, 0.25) is 0 Å². The summed E-state index contributed by atoms with van der Waals surface area (Å²) < 4.78 is 20.0. The molecule has 1 aliphatic rings. The molecule has 0 aliphatic carbocycles. The maximum atomic E-state index is 13.4. The second kappa shape index (κ2) is 9.50. The lowest BCUT2D eigenvalue weighted by Crippen LogP contribution is -2.32. The van der Waals surface area contributed by atoms with Gasteiger partial charge in [0.2, 0.25) is 5.91 Å². The van der Waals surface area contributed by atoms with Crippen LogP contribution in [0.5, 0.6) is 0 Å². The normalized spacial score (nSPS) is 12.1. The summed E-state index contributed by atoms with van der Waals surface area (Å²) in [4.78, 5) is 26.6. The second-order valence-corrected chi connectivity index (χ2v) is 8.30. The van der Waals surface area contributed by atoms with Crippen molar-refractivity contribution >= 4 is 17.6 Å². The Bertz CT molecular complexity index is 1400. The monoisotopic (exact) mass is 469 g/mol. The maximum absolute atomic E-state index is 13.4. The highest BCUT2D eigenvalue weighted by Crippen LogP contribution is 2.41. The van der Waals surface area contributed by atoms with Gasteiger partial charge < -0.3 is 9.64 Å². The molecule has 4 aromatic rings. The van der Waals surface area contributed by atoms with Gasteiger partial charge in [-0.2, -0.15) is 0 Å². The molecule has 0 N–H and O–H groups in total. The number of hydrogen-bond acceptors (Lipinski definition) is 5. The van der Waals surface area contributed by atoms with Crippen LogP contribution in [-0.4, -0.2) is 34.0 Å².